The van der Waals surface area contributed by atoms with Gasteiger partial charge in [-0.15, -0.1) is 11.8 Å². The van der Waals surface area contributed by atoms with Gasteiger partial charge in [-0.1, -0.05) is 30.3 Å². The number of hydrogen-bond donors (Lipinski definition) is 2. The fourth-order valence-corrected chi connectivity index (χ4v) is 4.15. The molecule has 0 spiro atoms. The summed E-state index contributed by atoms with van der Waals surface area (Å²) in [7, 11) is 0. The van der Waals surface area contributed by atoms with E-state index in [9.17, 15) is 0 Å². The fourth-order valence-electron chi connectivity index (χ4n) is 3.74. The van der Waals surface area contributed by atoms with E-state index in [1.54, 1.807) is 11.8 Å². The molecule has 3 heteroatoms. The van der Waals surface area contributed by atoms with Crippen LogP contribution in [0.25, 0.3) is 0 Å². The van der Waals surface area contributed by atoms with Crippen molar-refractivity contribution in [3.05, 3.63) is 59.7 Å². The molecule has 0 bridgehead atoms. The van der Waals surface area contributed by atoms with Gasteiger partial charge < -0.3 is 10.6 Å². The average molecular weight is 296 g/mol. The van der Waals surface area contributed by atoms with Gasteiger partial charge in [0.1, 0.15) is 0 Å². The van der Waals surface area contributed by atoms with Crippen LogP contribution >= 0.6 is 11.8 Å². The predicted octanol–water partition coefficient (Wildman–Crippen LogP) is 4.23. The van der Waals surface area contributed by atoms with Crippen LogP contribution in [0.2, 0.25) is 0 Å². The number of para-hydroxylation sites is 1. The van der Waals surface area contributed by atoms with E-state index < -0.39 is 0 Å². The average Bonchev–Trinajstić information content (AvgIpc) is 3.04. The molecule has 1 fully saturated rings. The minimum atomic E-state index is 0.413. The van der Waals surface area contributed by atoms with Crippen LogP contribution in [-0.4, -0.2) is 12.8 Å². The highest BCUT2D eigenvalue weighted by Crippen LogP contribution is 2.47. The fraction of sp³-hybridized carbons (Fsp3) is 0.333. The third-order valence-corrected chi connectivity index (χ3v) is 5.52. The zero-order valence-corrected chi connectivity index (χ0v) is 13.0. The van der Waals surface area contributed by atoms with E-state index in [0.717, 1.165) is 6.54 Å². The summed E-state index contributed by atoms with van der Waals surface area (Å²) in [5.74, 6) is 0.639. The summed E-state index contributed by atoms with van der Waals surface area (Å²) in [4.78, 5) is 1.33. The van der Waals surface area contributed by atoms with Crippen LogP contribution in [0.4, 0.5) is 5.69 Å². The molecule has 0 unspecified atom stereocenters. The summed E-state index contributed by atoms with van der Waals surface area (Å²) in [6.07, 6.45) is 3.36. The molecule has 2 aromatic carbocycles. The van der Waals surface area contributed by atoms with E-state index in [2.05, 4.69) is 65.4 Å². The van der Waals surface area contributed by atoms with Gasteiger partial charge in [0.2, 0.25) is 0 Å². The van der Waals surface area contributed by atoms with Crippen molar-refractivity contribution in [1.29, 1.82) is 0 Å². The lowest BCUT2D eigenvalue weighted by Crippen LogP contribution is -2.32. The summed E-state index contributed by atoms with van der Waals surface area (Å²) >= 11 is 1.80. The van der Waals surface area contributed by atoms with E-state index in [1.165, 1.54) is 28.1 Å². The Morgan fingerprint density at radius 2 is 1.81 bits per heavy atom. The summed E-state index contributed by atoms with van der Waals surface area (Å²) in [6, 6.07) is 18.7. The third-order valence-electron chi connectivity index (χ3n) is 4.78. The molecule has 0 saturated carbocycles. The minimum absolute atomic E-state index is 0.413. The first-order chi connectivity index (χ1) is 10.4. The molecule has 2 aromatic rings. The van der Waals surface area contributed by atoms with Crippen LogP contribution < -0.4 is 10.6 Å². The molecule has 2 aliphatic rings. The lowest BCUT2D eigenvalue weighted by Gasteiger charge is -2.37. The van der Waals surface area contributed by atoms with E-state index in [1.807, 2.05) is 0 Å². The van der Waals surface area contributed by atoms with Crippen LogP contribution in [-0.2, 0) is 0 Å². The first-order valence-electron chi connectivity index (χ1n) is 7.59. The molecule has 0 aliphatic carbocycles. The van der Waals surface area contributed by atoms with Gasteiger partial charge in [-0.2, -0.15) is 0 Å². The molecular weight excluding hydrogens is 276 g/mol. The molecule has 3 atom stereocenters. The number of hydrogen-bond acceptors (Lipinski definition) is 3. The van der Waals surface area contributed by atoms with Crippen LogP contribution in [0.15, 0.2) is 53.4 Å². The highest BCUT2D eigenvalue weighted by atomic mass is 32.2. The maximum atomic E-state index is 3.78. The maximum absolute atomic E-state index is 3.78. The van der Waals surface area contributed by atoms with Crippen molar-refractivity contribution < 1.29 is 0 Å². The van der Waals surface area contributed by atoms with Crippen molar-refractivity contribution in [3.8, 4) is 0 Å². The molecule has 2 heterocycles. The van der Waals surface area contributed by atoms with Gasteiger partial charge in [-0.05, 0) is 48.5 Å². The second kappa shape index (κ2) is 5.39. The smallest absolute Gasteiger partial charge is 0.0560 e. The van der Waals surface area contributed by atoms with Crippen LogP contribution in [0.1, 0.15) is 29.6 Å². The number of anilines is 1. The Balaban J connectivity index is 1.72. The molecule has 108 valence electrons. The van der Waals surface area contributed by atoms with Gasteiger partial charge in [-0.3, -0.25) is 0 Å². The molecule has 21 heavy (non-hydrogen) atoms. The number of fused-ring (bicyclic) bond motifs is 3. The van der Waals surface area contributed by atoms with Crippen molar-refractivity contribution in [2.24, 2.45) is 5.92 Å². The Labute approximate surface area is 130 Å². The van der Waals surface area contributed by atoms with Crippen molar-refractivity contribution >= 4 is 17.4 Å². The molecule has 2 nitrogen and oxygen atoms in total. The van der Waals surface area contributed by atoms with Crippen molar-refractivity contribution in [3.63, 3.8) is 0 Å². The molecular formula is C18H20N2S. The number of rotatable bonds is 2. The zero-order chi connectivity index (χ0) is 14.2. The third kappa shape index (κ3) is 2.25. The lowest BCUT2D eigenvalue weighted by atomic mass is 9.80. The van der Waals surface area contributed by atoms with E-state index in [0.29, 0.717) is 18.0 Å². The Morgan fingerprint density at radius 1 is 1.00 bits per heavy atom. The van der Waals surface area contributed by atoms with Crippen molar-refractivity contribution in [2.45, 2.75) is 23.4 Å². The monoisotopic (exact) mass is 296 g/mol. The van der Waals surface area contributed by atoms with Gasteiger partial charge in [0.05, 0.1) is 6.04 Å². The highest BCUT2D eigenvalue weighted by molar-refractivity contribution is 7.98. The van der Waals surface area contributed by atoms with Crippen LogP contribution in [0.3, 0.4) is 0 Å². The second-order valence-electron chi connectivity index (χ2n) is 5.87. The largest absolute Gasteiger partial charge is 0.378 e. The van der Waals surface area contributed by atoms with E-state index in [-0.39, 0.29) is 0 Å². The quantitative estimate of drug-likeness (QED) is 0.811. The van der Waals surface area contributed by atoms with E-state index >= 15 is 0 Å². The van der Waals surface area contributed by atoms with Gasteiger partial charge >= 0.3 is 0 Å². The van der Waals surface area contributed by atoms with Crippen molar-refractivity contribution in [1.82, 2.24) is 5.32 Å². The summed E-state index contributed by atoms with van der Waals surface area (Å²) in [5, 5.41) is 7.47. The summed E-state index contributed by atoms with van der Waals surface area (Å²) < 4.78 is 0. The first kappa shape index (κ1) is 13.2. The number of nitrogens with one attached hydrogen (secondary N) is 2. The molecule has 4 rings (SSSR count). The Hall–Kier alpha value is -1.45. The number of benzene rings is 2. The summed E-state index contributed by atoms with van der Waals surface area (Å²) in [6.45, 7) is 1.12. The minimum Gasteiger partial charge on any atom is -0.378 e. The zero-order valence-electron chi connectivity index (χ0n) is 12.2. The molecule has 2 aliphatic heterocycles. The van der Waals surface area contributed by atoms with Gasteiger partial charge in [0.25, 0.3) is 0 Å². The standard InChI is InChI=1S/C18H20N2S/c1-21-13-8-6-12(7-9-13)17-15-10-11-19-18(15)14-4-2-3-5-16(14)20-17/h2-9,15,17-20H,10-11H2,1H3/t15-,17+,18+/m1/s1. The molecule has 0 radical (unpaired) electrons. The van der Waals surface area contributed by atoms with Crippen LogP contribution in [0.5, 0.6) is 0 Å². The van der Waals surface area contributed by atoms with Gasteiger partial charge in [0, 0.05) is 22.5 Å². The van der Waals surface area contributed by atoms with Crippen LogP contribution in [0, 0.1) is 5.92 Å². The summed E-state index contributed by atoms with van der Waals surface area (Å²) in [5.41, 5.74) is 4.12. The Kier molecular flexibility index (Phi) is 3.40. The second-order valence-corrected chi connectivity index (χ2v) is 6.75. The molecule has 0 aromatic heterocycles. The number of thioether (sulfide) groups is 1. The molecule has 1 saturated heterocycles. The Morgan fingerprint density at radius 3 is 2.62 bits per heavy atom. The van der Waals surface area contributed by atoms with E-state index in [4.69, 9.17) is 0 Å². The van der Waals surface area contributed by atoms with Gasteiger partial charge in [0.15, 0.2) is 0 Å². The Bertz CT molecular complexity index is 638. The molecule has 0 amide bonds. The molecule has 2 N–H and O–H groups in total. The normalized spacial score (nSPS) is 26.8. The lowest BCUT2D eigenvalue weighted by molar-refractivity contribution is 0.391. The topological polar surface area (TPSA) is 24.1 Å². The first-order valence-corrected chi connectivity index (χ1v) is 8.82. The SMILES string of the molecule is CSc1ccc([C@@H]2Nc3ccccc3[C@@H]3NCC[C@H]23)cc1. The predicted molar refractivity (Wildman–Crippen MR) is 89.9 cm³/mol. The van der Waals surface area contributed by atoms with Crippen molar-refractivity contribution in [2.75, 3.05) is 18.1 Å². The highest BCUT2D eigenvalue weighted by Gasteiger charge is 2.39. The van der Waals surface area contributed by atoms with Gasteiger partial charge in [-0.25, -0.2) is 0 Å². The maximum Gasteiger partial charge on any atom is 0.0560 e.